The Labute approximate surface area is 95.9 Å². The Hall–Kier alpha value is -1.22. The van der Waals surface area contributed by atoms with Crippen molar-refractivity contribution in [1.82, 2.24) is 5.32 Å². The van der Waals surface area contributed by atoms with Gasteiger partial charge in [-0.25, -0.2) is 4.39 Å². The van der Waals surface area contributed by atoms with Gasteiger partial charge in [0, 0.05) is 5.56 Å². The number of likely N-dealkylation sites (N-methyl/N-ethyl adjacent to an activating group) is 1. The molecular weight excluding hydrogens is 205 g/mol. The van der Waals surface area contributed by atoms with E-state index in [0.717, 1.165) is 6.54 Å². The van der Waals surface area contributed by atoms with Gasteiger partial charge in [-0.2, -0.15) is 0 Å². The highest BCUT2D eigenvalue weighted by Crippen LogP contribution is 2.16. The van der Waals surface area contributed by atoms with Gasteiger partial charge >= 0.3 is 0 Å². The summed E-state index contributed by atoms with van der Waals surface area (Å²) in [5, 5.41) is 3.11. The van der Waals surface area contributed by atoms with Crippen molar-refractivity contribution in [3.63, 3.8) is 0 Å². The van der Waals surface area contributed by atoms with E-state index in [2.05, 4.69) is 5.32 Å². The van der Waals surface area contributed by atoms with Crippen LogP contribution in [-0.4, -0.2) is 17.9 Å². The van der Waals surface area contributed by atoms with Gasteiger partial charge in [0.1, 0.15) is 5.82 Å². The molecule has 1 N–H and O–H groups in total. The fourth-order valence-corrected chi connectivity index (χ4v) is 1.67. The molecule has 0 radical (unpaired) electrons. The maximum Gasteiger partial charge on any atom is 0.182 e. The zero-order valence-electron chi connectivity index (χ0n) is 10.2. The van der Waals surface area contributed by atoms with Crippen molar-refractivity contribution in [1.29, 1.82) is 0 Å². The van der Waals surface area contributed by atoms with Crippen LogP contribution in [0.5, 0.6) is 0 Å². The van der Waals surface area contributed by atoms with E-state index in [-0.39, 0.29) is 11.6 Å². The molecule has 0 saturated carbocycles. The first-order valence-electron chi connectivity index (χ1n) is 5.44. The van der Waals surface area contributed by atoms with E-state index in [1.165, 1.54) is 12.1 Å². The zero-order chi connectivity index (χ0) is 12.3. The first kappa shape index (κ1) is 12.8. The lowest BCUT2D eigenvalue weighted by Gasteiger charge is -2.24. The second kappa shape index (κ2) is 4.74. The molecule has 2 nitrogen and oxygen atoms in total. The van der Waals surface area contributed by atoms with E-state index in [0.29, 0.717) is 11.1 Å². The van der Waals surface area contributed by atoms with Crippen LogP contribution in [0.1, 0.15) is 36.7 Å². The summed E-state index contributed by atoms with van der Waals surface area (Å²) in [6, 6.07) is 4.46. The highest BCUT2D eigenvalue weighted by molar-refractivity contribution is 6.02. The van der Waals surface area contributed by atoms with Crippen LogP contribution in [0.4, 0.5) is 4.39 Å². The summed E-state index contributed by atoms with van der Waals surface area (Å²) in [4.78, 5) is 12.1. The van der Waals surface area contributed by atoms with Gasteiger partial charge in [-0.1, -0.05) is 6.92 Å². The van der Waals surface area contributed by atoms with Crippen LogP contribution in [0.25, 0.3) is 0 Å². The number of rotatable bonds is 4. The molecule has 88 valence electrons. The predicted molar refractivity (Wildman–Crippen MR) is 63.2 cm³/mol. The maximum absolute atomic E-state index is 13.1. The average molecular weight is 223 g/mol. The number of hydrogen-bond donors (Lipinski definition) is 1. The van der Waals surface area contributed by atoms with Crippen LogP contribution in [0.3, 0.4) is 0 Å². The Morgan fingerprint density at radius 1 is 1.44 bits per heavy atom. The lowest BCUT2D eigenvalue weighted by Crippen LogP contribution is -2.46. The van der Waals surface area contributed by atoms with Crippen molar-refractivity contribution in [2.45, 2.75) is 33.2 Å². The minimum atomic E-state index is -0.612. The first-order chi connectivity index (χ1) is 7.38. The van der Waals surface area contributed by atoms with Gasteiger partial charge in [0.25, 0.3) is 0 Å². The fourth-order valence-electron chi connectivity index (χ4n) is 1.67. The molecule has 0 atom stereocenters. The number of halogens is 1. The van der Waals surface area contributed by atoms with Crippen LogP contribution >= 0.6 is 0 Å². The molecule has 1 aromatic rings. The summed E-state index contributed by atoms with van der Waals surface area (Å²) in [5.41, 5.74) is 0.432. The summed E-state index contributed by atoms with van der Waals surface area (Å²) < 4.78 is 13.1. The van der Waals surface area contributed by atoms with Crippen molar-refractivity contribution in [3.8, 4) is 0 Å². The van der Waals surface area contributed by atoms with Gasteiger partial charge in [-0.15, -0.1) is 0 Å². The first-order valence-corrected chi connectivity index (χ1v) is 5.44. The Morgan fingerprint density at radius 2 is 2.06 bits per heavy atom. The molecule has 0 aliphatic carbocycles. The number of aryl methyl sites for hydroxylation is 1. The van der Waals surface area contributed by atoms with Crippen molar-refractivity contribution in [2.75, 3.05) is 6.54 Å². The van der Waals surface area contributed by atoms with Crippen LogP contribution in [0, 0.1) is 12.7 Å². The highest BCUT2D eigenvalue weighted by Gasteiger charge is 2.27. The van der Waals surface area contributed by atoms with E-state index in [1.807, 2.05) is 20.8 Å². The van der Waals surface area contributed by atoms with E-state index < -0.39 is 5.54 Å². The standard InChI is InChI=1S/C13H18FNO/c1-5-15-13(3,4)12(16)10-6-7-11(14)9(2)8-10/h6-8,15H,5H2,1-4H3. The van der Waals surface area contributed by atoms with E-state index in [1.54, 1.807) is 13.0 Å². The number of carbonyl (C=O) groups is 1. The molecule has 0 bridgehead atoms. The van der Waals surface area contributed by atoms with Crippen LogP contribution in [0.2, 0.25) is 0 Å². The summed E-state index contributed by atoms with van der Waals surface area (Å²) in [7, 11) is 0. The monoisotopic (exact) mass is 223 g/mol. The number of ketones is 1. The van der Waals surface area contributed by atoms with Gasteiger partial charge in [-0.05, 0) is 51.1 Å². The number of hydrogen-bond acceptors (Lipinski definition) is 2. The van der Waals surface area contributed by atoms with Gasteiger partial charge in [0.2, 0.25) is 0 Å². The third-order valence-corrected chi connectivity index (χ3v) is 2.61. The molecule has 3 heteroatoms. The minimum Gasteiger partial charge on any atom is -0.305 e. The second-order valence-corrected chi connectivity index (χ2v) is 4.45. The zero-order valence-corrected chi connectivity index (χ0v) is 10.2. The Morgan fingerprint density at radius 3 is 2.56 bits per heavy atom. The maximum atomic E-state index is 13.1. The van der Waals surface area contributed by atoms with Gasteiger partial charge < -0.3 is 5.32 Å². The molecule has 0 unspecified atom stereocenters. The second-order valence-electron chi connectivity index (χ2n) is 4.45. The molecule has 0 spiro atoms. The molecule has 16 heavy (non-hydrogen) atoms. The highest BCUT2D eigenvalue weighted by atomic mass is 19.1. The van der Waals surface area contributed by atoms with Gasteiger partial charge in [-0.3, -0.25) is 4.79 Å². The largest absolute Gasteiger partial charge is 0.305 e. The lowest BCUT2D eigenvalue weighted by molar-refractivity contribution is 0.0884. The lowest BCUT2D eigenvalue weighted by atomic mass is 9.92. The summed E-state index contributed by atoms with van der Waals surface area (Å²) in [6.45, 7) is 7.99. The van der Waals surface area contributed by atoms with Crippen LogP contribution < -0.4 is 5.32 Å². The van der Waals surface area contributed by atoms with Crippen LogP contribution in [-0.2, 0) is 0 Å². The normalized spacial score (nSPS) is 11.6. The smallest absolute Gasteiger partial charge is 0.182 e. The Bertz CT molecular complexity index is 399. The molecular formula is C13H18FNO. The molecule has 0 fully saturated rings. The van der Waals surface area contributed by atoms with Crippen LogP contribution in [0.15, 0.2) is 18.2 Å². The molecule has 0 amide bonds. The van der Waals surface area contributed by atoms with Crippen molar-refractivity contribution in [2.24, 2.45) is 0 Å². The van der Waals surface area contributed by atoms with E-state index in [9.17, 15) is 9.18 Å². The minimum absolute atomic E-state index is 0.0162. The molecule has 0 aromatic heterocycles. The summed E-state index contributed by atoms with van der Waals surface area (Å²) in [6.07, 6.45) is 0. The summed E-state index contributed by atoms with van der Waals surface area (Å²) in [5.74, 6) is -0.296. The van der Waals surface area contributed by atoms with Crippen molar-refractivity contribution >= 4 is 5.78 Å². The third kappa shape index (κ3) is 2.67. The molecule has 1 aromatic carbocycles. The topological polar surface area (TPSA) is 29.1 Å². The molecule has 0 heterocycles. The van der Waals surface area contributed by atoms with E-state index >= 15 is 0 Å². The fraction of sp³-hybridized carbons (Fsp3) is 0.462. The van der Waals surface area contributed by atoms with Crippen molar-refractivity contribution < 1.29 is 9.18 Å². The number of carbonyl (C=O) groups excluding carboxylic acids is 1. The number of Topliss-reactive ketones (excluding diaryl/α,β-unsaturated/α-hetero) is 1. The molecule has 0 aliphatic heterocycles. The SMILES string of the molecule is CCNC(C)(C)C(=O)c1ccc(F)c(C)c1. The van der Waals surface area contributed by atoms with Crippen molar-refractivity contribution in [3.05, 3.63) is 35.1 Å². The number of nitrogens with one attached hydrogen (secondary N) is 1. The predicted octanol–water partition coefficient (Wildman–Crippen LogP) is 2.70. The summed E-state index contributed by atoms with van der Waals surface area (Å²) >= 11 is 0. The molecule has 1 rings (SSSR count). The Kier molecular flexibility index (Phi) is 3.81. The number of benzene rings is 1. The van der Waals surface area contributed by atoms with E-state index in [4.69, 9.17) is 0 Å². The quantitative estimate of drug-likeness (QED) is 0.795. The molecule has 0 aliphatic rings. The Balaban J connectivity index is 3.01. The van der Waals surface area contributed by atoms with Gasteiger partial charge in [0.05, 0.1) is 5.54 Å². The molecule has 0 saturated heterocycles. The third-order valence-electron chi connectivity index (χ3n) is 2.61. The average Bonchev–Trinajstić information content (AvgIpc) is 2.21. The van der Waals surface area contributed by atoms with Gasteiger partial charge in [0.15, 0.2) is 5.78 Å².